The molecule has 0 spiro atoms. The number of hydrogen-bond donors (Lipinski definition) is 2. The molecule has 0 saturated heterocycles. The molecule has 0 radical (unpaired) electrons. The van der Waals surface area contributed by atoms with Crippen LogP contribution in [0, 0.1) is 0 Å². The van der Waals surface area contributed by atoms with Gasteiger partial charge in [0, 0.05) is 17.0 Å². The van der Waals surface area contributed by atoms with Crippen LogP contribution in [0.25, 0.3) is 22.2 Å². The molecule has 33 heavy (non-hydrogen) atoms. The minimum atomic E-state index is -4.84. The van der Waals surface area contributed by atoms with Crippen LogP contribution < -0.4 is 0 Å². The summed E-state index contributed by atoms with van der Waals surface area (Å²) in [4.78, 5) is 24.3. The van der Waals surface area contributed by atoms with E-state index >= 15 is 0 Å². The van der Waals surface area contributed by atoms with Crippen LogP contribution in [-0.2, 0) is 6.18 Å². The molecule has 1 heterocycles. The van der Waals surface area contributed by atoms with Crippen molar-refractivity contribution < 1.29 is 33.0 Å². The van der Waals surface area contributed by atoms with Crippen LogP contribution in [0.1, 0.15) is 26.3 Å². The minimum absolute atomic E-state index is 0. The molecule has 11 heteroatoms. The molecular formula is C22H13ClF3N2NaO4. The van der Waals surface area contributed by atoms with Crippen molar-refractivity contribution in [2.24, 2.45) is 0 Å². The monoisotopic (exact) mass is 484 g/mol. The number of fused-ring (bicyclic) bond motifs is 1. The van der Waals surface area contributed by atoms with Crippen LogP contribution in [0.2, 0.25) is 5.02 Å². The van der Waals surface area contributed by atoms with Gasteiger partial charge in [-0.1, -0.05) is 29.8 Å². The van der Waals surface area contributed by atoms with Gasteiger partial charge in [0.2, 0.25) is 0 Å². The number of carbonyl (C=O) groups excluding carboxylic acids is 1. The first-order valence-corrected chi connectivity index (χ1v) is 9.41. The standard InChI is InChI=1S/C22H12ClF3N2O4.Na.H/c23-16-3-1-2-15(22(24,25)26)18(16)20(30)28-17-10-13(29)8-9-14(17)19(27-28)11-4-6-12(7-5-11)21(31)32;;/h1-10,29H,(H,31,32);;. The number of aromatic nitrogens is 2. The molecule has 0 fully saturated rings. The van der Waals surface area contributed by atoms with Crippen molar-refractivity contribution in [2.75, 3.05) is 0 Å². The Morgan fingerprint density at radius 3 is 2.27 bits per heavy atom. The van der Waals surface area contributed by atoms with E-state index in [4.69, 9.17) is 16.7 Å². The number of carbonyl (C=O) groups is 2. The zero-order valence-electron chi connectivity index (χ0n) is 15.9. The van der Waals surface area contributed by atoms with Gasteiger partial charge in [0.1, 0.15) is 11.4 Å². The van der Waals surface area contributed by atoms with Gasteiger partial charge in [-0.25, -0.2) is 4.79 Å². The average molecular weight is 485 g/mol. The second-order valence-electron chi connectivity index (χ2n) is 6.81. The zero-order chi connectivity index (χ0) is 23.2. The second-order valence-corrected chi connectivity index (χ2v) is 7.22. The number of phenols is 1. The number of carboxylic acid groups (broad SMARTS) is 1. The number of aromatic carboxylic acids is 1. The van der Waals surface area contributed by atoms with Gasteiger partial charge in [0.15, 0.2) is 0 Å². The van der Waals surface area contributed by atoms with E-state index in [0.29, 0.717) is 10.9 Å². The zero-order valence-corrected chi connectivity index (χ0v) is 16.6. The first-order valence-electron chi connectivity index (χ1n) is 9.04. The molecule has 0 aliphatic carbocycles. The predicted molar refractivity (Wildman–Crippen MR) is 117 cm³/mol. The van der Waals surface area contributed by atoms with E-state index in [9.17, 15) is 27.9 Å². The Hall–Kier alpha value is -2.85. The first-order chi connectivity index (χ1) is 15.1. The fourth-order valence-electron chi connectivity index (χ4n) is 3.33. The fraction of sp³-hybridized carbons (Fsp3) is 0.0455. The Bertz CT molecular complexity index is 1390. The van der Waals surface area contributed by atoms with Gasteiger partial charge >= 0.3 is 41.7 Å². The predicted octanol–water partition coefficient (Wildman–Crippen LogP) is 4.82. The molecule has 4 aromatic rings. The maximum absolute atomic E-state index is 13.5. The topological polar surface area (TPSA) is 92.4 Å². The number of benzene rings is 3. The Morgan fingerprint density at radius 1 is 1.00 bits per heavy atom. The molecule has 0 atom stereocenters. The number of hydrogen-bond acceptors (Lipinski definition) is 4. The molecule has 0 aliphatic heterocycles. The maximum atomic E-state index is 13.5. The third kappa shape index (κ3) is 4.63. The molecule has 0 saturated carbocycles. The number of phenolic OH excluding ortho intramolecular Hbond substituents is 1. The Kier molecular flexibility index (Phi) is 6.90. The van der Waals surface area contributed by atoms with Crippen molar-refractivity contribution in [3.63, 3.8) is 0 Å². The molecule has 3 aromatic carbocycles. The molecule has 0 aliphatic rings. The SMILES string of the molecule is O=C(O)c1ccc(-c2nn(C(=O)c3c(Cl)cccc3C(F)(F)F)c3cc(O)ccc23)cc1.[NaH]. The molecule has 1 aromatic heterocycles. The summed E-state index contributed by atoms with van der Waals surface area (Å²) in [5.41, 5.74) is -1.27. The van der Waals surface area contributed by atoms with Crippen molar-refractivity contribution in [1.82, 2.24) is 9.78 Å². The normalized spacial score (nSPS) is 11.3. The number of nitrogens with zero attached hydrogens (tertiary/aromatic N) is 2. The third-order valence-corrected chi connectivity index (χ3v) is 5.11. The van der Waals surface area contributed by atoms with Crippen molar-refractivity contribution >= 4 is 63.9 Å². The van der Waals surface area contributed by atoms with Gasteiger partial charge in [0.05, 0.1) is 27.2 Å². The van der Waals surface area contributed by atoms with Crippen LogP contribution in [0.5, 0.6) is 5.75 Å². The van der Waals surface area contributed by atoms with Gasteiger partial charge in [0.25, 0.3) is 5.91 Å². The van der Waals surface area contributed by atoms with Crippen molar-refractivity contribution in [2.45, 2.75) is 6.18 Å². The van der Waals surface area contributed by atoms with Gasteiger partial charge in [-0.05, 0) is 36.4 Å². The van der Waals surface area contributed by atoms with E-state index in [-0.39, 0.29) is 52.1 Å². The summed E-state index contributed by atoms with van der Waals surface area (Å²) in [6.07, 6.45) is -4.84. The molecule has 0 amide bonds. The van der Waals surface area contributed by atoms with E-state index in [1.54, 1.807) is 0 Å². The number of carboxylic acids is 1. The van der Waals surface area contributed by atoms with Crippen molar-refractivity contribution in [1.29, 1.82) is 0 Å². The van der Waals surface area contributed by atoms with E-state index in [1.165, 1.54) is 48.5 Å². The quantitative estimate of drug-likeness (QED) is 0.407. The third-order valence-electron chi connectivity index (χ3n) is 4.80. The van der Waals surface area contributed by atoms with E-state index < -0.39 is 34.2 Å². The van der Waals surface area contributed by atoms with Crippen molar-refractivity contribution in [3.8, 4) is 17.0 Å². The number of rotatable bonds is 3. The van der Waals surface area contributed by atoms with E-state index in [2.05, 4.69) is 5.10 Å². The molecule has 0 bridgehead atoms. The molecule has 6 nitrogen and oxygen atoms in total. The summed E-state index contributed by atoms with van der Waals surface area (Å²) in [7, 11) is 0. The van der Waals surface area contributed by atoms with Crippen LogP contribution >= 0.6 is 11.6 Å². The van der Waals surface area contributed by atoms with E-state index in [0.717, 1.165) is 16.8 Å². The van der Waals surface area contributed by atoms with Crippen LogP contribution in [0.15, 0.2) is 60.7 Å². The Morgan fingerprint density at radius 2 is 1.67 bits per heavy atom. The Balaban J connectivity index is 0.00000306. The van der Waals surface area contributed by atoms with E-state index in [1.807, 2.05) is 0 Å². The molecule has 164 valence electrons. The molecule has 4 rings (SSSR count). The van der Waals surface area contributed by atoms with Crippen molar-refractivity contribution in [3.05, 3.63) is 82.4 Å². The van der Waals surface area contributed by atoms with Crippen LogP contribution in [0.3, 0.4) is 0 Å². The summed E-state index contributed by atoms with van der Waals surface area (Å²) in [5.74, 6) is -2.49. The number of halogens is 4. The van der Waals surface area contributed by atoms with Crippen LogP contribution in [-0.4, -0.2) is 61.4 Å². The van der Waals surface area contributed by atoms with Crippen LogP contribution in [0.4, 0.5) is 13.2 Å². The van der Waals surface area contributed by atoms with Gasteiger partial charge in [-0.2, -0.15) is 23.0 Å². The number of aromatic hydroxyl groups is 1. The Labute approximate surface area is 211 Å². The summed E-state index contributed by atoms with van der Waals surface area (Å²) in [6, 6.07) is 12.6. The molecular weight excluding hydrogens is 472 g/mol. The van der Waals surface area contributed by atoms with Gasteiger partial charge < -0.3 is 10.2 Å². The van der Waals surface area contributed by atoms with Gasteiger partial charge in [-0.3, -0.25) is 4.79 Å². The molecule has 2 N–H and O–H groups in total. The summed E-state index contributed by atoms with van der Waals surface area (Å²) in [6.45, 7) is 0. The number of alkyl halides is 3. The first kappa shape index (κ1) is 24.8. The second kappa shape index (κ2) is 9.18. The average Bonchev–Trinajstić information content (AvgIpc) is 3.11. The summed E-state index contributed by atoms with van der Waals surface area (Å²) < 4.78 is 41.3. The summed E-state index contributed by atoms with van der Waals surface area (Å²) >= 11 is 5.97. The fourth-order valence-corrected chi connectivity index (χ4v) is 3.58. The van der Waals surface area contributed by atoms with Gasteiger partial charge in [-0.15, -0.1) is 0 Å². The molecule has 0 unspecified atom stereocenters. The summed E-state index contributed by atoms with van der Waals surface area (Å²) in [5, 5.41) is 23.1.